The summed E-state index contributed by atoms with van der Waals surface area (Å²) in [5.41, 5.74) is 0. The average Bonchev–Trinajstić information content (AvgIpc) is 2.58. The Kier molecular flexibility index (Phi) is 7.33. The van der Waals surface area contributed by atoms with Crippen molar-refractivity contribution in [2.75, 3.05) is 39.5 Å². The Hall–Kier alpha value is -1.11. The smallest absolute Gasteiger partial charge is 0.288 e. The van der Waals surface area contributed by atoms with Gasteiger partial charge in [0.25, 0.3) is 5.91 Å². The molecule has 2 rings (SSSR count). The molecule has 2 aliphatic rings. The van der Waals surface area contributed by atoms with E-state index in [1.165, 1.54) is 0 Å². The van der Waals surface area contributed by atoms with E-state index in [4.69, 9.17) is 19.3 Å². The van der Waals surface area contributed by atoms with Crippen LogP contribution in [0, 0.1) is 11.8 Å². The van der Waals surface area contributed by atoms with Gasteiger partial charge in [-0.1, -0.05) is 13.8 Å². The summed E-state index contributed by atoms with van der Waals surface area (Å²) < 4.78 is 16.9. The third-order valence-corrected chi connectivity index (χ3v) is 4.31. The molecule has 1 fully saturated rings. The summed E-state index contributed by atoms with van der Waals surface area (Å²) in [4.78, 5) is 14.4. The first kappa shape index (κ1) is 18.2. The van der Waals surface area contributed by atoms with Crippen molar-refractivity contribution < 1.29 is 24.1 Å². The van der Waals surface area contributed by atoms with Gasteiger partial charge in [0.15, 0.2) is 5.76 Å². The standard InChI is InChI=1S/C17H29NO5/c1-13(2)14-11-15(17(20)18-5-9-21-10-6-18)23-16(12-14)22-8-4-3-7-19/h11,13-14,16,19H,3-10,12H2,1-2H3/t14-,16+/m0/s1. The average molecular weight is 327 g/mol. The molecule has 0 aromatic rings. The lowest BCUT2D eigenvalue weighted by Crippen LogP contribution is -2.43. The quantitative estimate of drug-likeness (QED) is 0.718. The van der Waals surface area contributed by atoms with E-state index < -0.39 is 0 Å². The number of amides is 1. The van der Waals surface area contributed by atoms with E-state index in [0.717, 1.165) is 19.3 Å². The predicted molar refractivity (Wildman–Crippen MR) is 85.6 cm³/mol. The van der Waals surface area contributed by atoms with Crippen molar-refractivity contribution in [3.63, 3.8) is 0 Å². The van der Waals surface area contributed by atoms with Gasteiger partial charge in [0.2, 0.25) is 6.29 Å². The summed E-state index contributed by atoms with van der Waals surface area (Å²) >= 11 is 0. The van der Waals surface area contributed by atoms with E-state index >= 15 is 0 Å². The van der Waals surface area contributed by atoms with Crippen molar-refractivity contribution in [1.29, 1.82) is 0 Å². The Morgan fingerprint density at radius 2 is 2.13 bits per heavy atom. The fraction of sp³-hybridized carbons (Fsp3) is 0.824. The van der Waals surface area contributed by atoms with Crippen molar-refractivity contribution in [3.05, 3.63) is 11.8 Å². The second-order valence-electron chi connectivity index (χ2n) is 6.43. The summed E-state index contributed by atoms with van der Waals surface area (Å²) in [7, 11) is 0. The molecule has 0 aliphatic carbocycles. The van der Waals surface area contributed by atoms with Crippen molar-refractivity contribution in [2.45, 2.75) is 39.4 Å². The SMILES string of the molecule is CC(C)[C@H]1C=C(C(=O)N2CCOCC2)O[C@@H](OCCCCO)C1. The zero-order chi connectivity index (χ0) is 16.7. The molecule has 1 N–H and O–H groups in total. The van der Waals surface area contributed by atoms with Crippen LogP contribution in [0.15, 0.2) is 11.8 Å². The predicted octanol–water partition coefficient (Wildman–Crippen LogP) is 1.54. The second kappa shape index (κ2) is 9.25. The van der Waals surface area contributed by atoms with Gasteiger partial charge in [0.1, 0.15) is 0 Å². The van der Waals surface area contributed by atoms with Crippen molar-refractivity contribution in [3.8, 4) is 0 Å². The summed E-state index contributed by atoms with van der Waals surface area (Å²) in [5, 5.41) is 8.82. The monoisotopic (exact) mass is 327 g/mol. The van der Waals surface area contributed by atoms with Crippen LogP contribution in [0.1, 0.15) is 33.1 Å². The summed E-state index contributed by atoms with van der Waals surface area (Å²) in [6.45, 7) is 7.36. The fourth-order valence-electron chi connectivity index (χ4n) is 2.75. The van der Waals surface area contributed by atoms with Crippen LogP contribution in [0.2, 0.25) is 0 Å². The molecule has 132 valence electrons. The first-order chi connectivity index (χ1) is 11.1. The van der Waals surface area contributed by atoms with Gasteiger partial charge in [-0.2, -0.15) is 0 Å². The summed E-state index contributed by atoms with van der Waals surface area (Å²) in [6, 6.07) is 0. The molecule has 0 unspecified atom stereocenters. The number of carbonyl (C=O) groups is 1. The zero-order valence-corrected chi connectivity index (χ0v) is 14.2. The molecule has 0 saturated carbocycles. The maximum absolute atomic E-state index is 12.6. The molecule has 2 heterocycles. The molecule has 0 aromatic heterocycles. The molecule has 0 radical (unpaired) electrons. The first-order valence-electron chi connectivity index (χ1n) is 8.59. The second-order valence-corrected chi connectivity index (χ2v) is 6.43. The lowest BCUT2D eigenvalue weighted by molar-refractivity contribution is -0.158. The third-order valence-electron chi connectivity index (χ3n) is 4.31. The minimum absolute atomic E-state index is 0.0670. The van der Waals surface area contributed by atoms with E-state index in [1.807, 2.05) is 6.08 Å². The van der Waals surface area contributed by atoms with Gasteiger partial charge in [-0.3, -0.25) is 4.79 Å². The van der Waals surface area contributed by atoms with E-state index in [9.17, 15) is 4.79 Å². The van der Waals surface area contributed by atoms with Crippen molar-refractivity contribution in [2.24, 2.45) is 11.8 Å². The highest BCUT2D eigenvalue weighted by molar-refractivity contribution is 5.91. The number of hydrogen-bond acceptors (Lipinski definition) is 5. The summed E-state index contributed by atoms with van der Waals surface area (Å²) in [5.74, 6) is 1.04. The largest absolute Gasteiger partial charge is 0.459 e. The molecule has 0 spiro atoms. The van der Waals surface area contributed by atoms with Crippen LogP contribution in [0.5, 0.6) is 0 Å². The van der Waals surface area contributed by atoms with Gasteiger partial charge >= 0.3 is 0 Å². The van der Waals surface area contributed by atoms with Gasteiger partial charge in [0.05, 0.1) is 19.8 Å². The van der Waals surface area contributed by atoms with E-state index in [0.29, 0.717) is 44.6 Å². The lowest BCUT2D eigenvalue weighted by atomic mass is 9.90. The van der Waals surface area contributed by atoms with Crippen LogP contribution in [0.4, 0.5) is 0 Å². The number of carbonyl (C=O) groups excluding carboxylic acids is 1. The topological polar surface area (TPSA) is 68.2 Å². The Bertz CT molecular complexity index is 404. The van der Waals surface area contributed by atoms with Gasteiger partial charge in [-0.25, -0.2) is 0 Å². The van der Waals surface area contributed by atoms with Gasteiger partial charge in [-0.05, 0) is 30.8 Å². The van der Waals surface area contributed by atoms with E-state index in [2.05, 4.69) is 13.8 Å². The lowest BCUT2D eigenvalue weighted by Gasteiger charge is -2.34. The van der Waals surface area contributed by atoms with Crippen LogP contribution in [-0.2, 0) is 19.0 Å². The highest BCUT2D eigenvalue weighted by atomic mass is 16.7. The van der Waals surface area contributed by atoms with E-state index in [1.54, 1.807) is 4.90 Å². The van der Waals surface area contributed by atoms with Crippen LogP contribution in [-0.4, -0.2) is 61.7 Å². The number of unbranched alkanes of at least 4 members (excludes halogenated alkanes) is 1. The fourth-order valence-corrected chi connectivity index (χ4v) is 2.75. The van der Waals surface area contributed by atoms with Crippen LogP contribution in [0.25, 0.3) is 0 Å². The first-order valence-corrected chi connectivity index (χ1v) is 8.59. The maximum Gasteiger partial charge on any atom is 0.288 e. The molecule has 2 aliphatic heterocycles. The molecule has 23 heavy (non-hydrogen) atoms. The van der Waals surface area contributed by atoms with Crippen LogP contribution >= 0.6 is 0 Å². The molecule has 1 saturated heterocycles. The normalized spacial score (nSPS) is 25.2. The van der Waals surface area contributed by atoms with E-state index in [-0.39, 0.29) is 24.7 Å². The zero-order valence-electron chi connectivity index (χ0n) is 14.2. The minimum atomic E-state index is -0.383. The maximum atomic E-state index is 12.6. The van der Waals surface area contributed by atoms with Crippen molar-refractivity contribution >= 4 is 5.91 Å². The number of allylic oxidation sites excluding steroid dienone is 1. The number of ether oxygens (including phenoxy) is 3. The Morgan fingerprint density at radius 3 is 2.78 bits per heavy atom. The van der Waals surface area contributed by atoms with Gasteiger partial charge in [-0.15, -0.1) is 0 Å². The number of nitrogens with zero attached hydrogens (tertiary/aromatic N) is 1. The number of hydrogen-bond donors (Lipinski definition) is 1. The van der Waals surface area contributed by atoms with Crippen molar-refractivity contribution in [1.82, 2.24) is 4.90 Å². The van der Waals surface area contributed by atoms with Gasteiger partial charge in [0, 0.05) is 26.1 Å². The Labute approximate surface area is 138 Å². The minimum Gasteiger partial charge on any atom is -0.459 e. The number of aliphatic hydroxyl groups excluding tert-OH is 1. The highest BCUT2D eigenvalue weighted by Crippen LogP contribution is 2.29. The third kappa shape index (κ3) is 5.48. The molecule has 1 amide bonds. The highest BCUT2D eigenvalue weighted by Gasteiger charge is 2.31. The molecular weight excluding hydrogens is 298 g/mol. The van der Waals surface area contributed by atoms with Crippen LogP contribution < -0.4 is 0 Å². The molecular formula is C17H29NO5. The molecule has 0 aromatic carbocycles. The number of morpholine rings is 1. The molecule has 0 bridgehead atoms. The van der Waals surface area contributed by atoms with Gasteiger partial charge < -0.3 is 24.2 Å². The Balaban J connectivity index is 1.96. The molecule has 6 nitrogen and oxygen atoms in total. The summed E-state index contributed by atoms with van der Waals surface area (Å²) in [6.07, 6.45) is 3.84. The number of aliphatic hydroxyl groups is 1. The molecule has 2 atom stereocenters. The number of rotatable bonds is 7. The Morgan fingerprint density at radius 1 is 1.39 bits per heavy atom. The molecule has 6 heteroatoms. The van der Waals surface area contributed by atoms with Crippen LogP contribution in [0.3, 0.4) is 0 Å².